The van der Waals surface area contributed by atoms with Crippen LogP contribution in [0.4, 0.5) is 4.39 Å². The lowest BCUT2D eigenvalue weighted by Crippen LogP contribution is -2.14. The molecule has 0 aliphatic rings. The Bertz CT molecular complexity index is 465. The first kappa shape index (κ1) is 10.9. The Morgan fingerprint density at radius 2 is 2.19 bits per heavy atom. The molecule has 3 heteroatoms. The maximum atomic E-state index is 13.1. The molecule has 1 unspecified atom stereocenters. The van der Waals surface area contributed by atoms with Crippen molar-refractivity contribution in [2.45, 2.75) is 19.4 Å². The summed E-state index contributed by atoms with van der Waals surface area (Å²) in [5.41, 5.74) is 8.93. The van der Waals surface area contributed by atoms with Crippen LogP contribution in [0.3, 0.4) is 0 Å². The number of furan rings is 1. The van der Waals surface area contributed by atoms with Crippen molar-refractivity contribution in [1.82, 2.24) is 0 Å². The third-order valence-electron chi connectivity index (χ3n) is 2.68. The number of aryl methyl sites for hydroxylation is 1. The highest BCUT2D eigenvalue weighted by Gasteiger charge is 2.11. The molecule has 0 spiro atoms. The largest absolute Gasteiger partial charge is 0.472 e. The molecule has 0 amide bonds. The van der Waals surface area contributed by atoms with E-state index in [0.717, 1.165) is 16.7 Å². The summed E-state index contributed by atoms with van der Waals surface area (Å²) in [4.78, 5) is 0. The topological polar surface area (TPSA) is 39.2 Å². The standard InChI is InChI=1S/C13H14FNO/c1-9-2-3-11(14)7-12(9)13(15)6-10-4-5-16-8-10/h2-5,7-8,13H,6,15H2,1H3. The minimum atomic E-state index is -0.247. The lowest BCUT2D eigenvalue weighted by Gasteiger charge is -2.13. The number of nitrogens with two attached hydrogens (primary N) is 1. The van der Waals surface area contributed by atoms with E-state index in [1.807, 2.05) is 13.0 Å². The van der Waals surface area contributed by atoms with E-state index in [1.165, 1.54) is 12.1 Å². The van der Waals surface area contributed by atoms with Crippen molar-refractivity contribution in [3.05, 3.63) is 59.3 Å². The quantitative estimate of drug-likeness (QED) is 0.861. The molecule has 0 bridgehead atoms. The fraction of sp³-hybridized carbons (Fsp3) is 0.231. The fourth-order valence-electron chi connectivity index (χ4n) is 1.78. The number of hydrogen-bond donors (Lipinski definition) is 1. The summed E-state index contributed by atoms with van der Waals surface area (Å²) in [6.07, 6.45) is 3.93. The summed E-state index contributed by atoms with van der Waals surface area (Å²) in [5.74, 6) is -0.247. The van der Waals surface area contributed by atoms with E-state index in [4.69, 9.17) is 10.2 Å². The van der Waals surface area contributed by atoms with Crippen LogP contribution in [0.5, 0.6) is 0 Å². The van der Waals surface area contributed by atoms with Gasteiger partial charge in [0.2, 0.25) is 0 Å². The van der Waals surface area contributed by atoms with Crippen molar-refractivity contribution >= 4 is 0 Å². The summed E-state index contributed by atoms with van der Waals surface area (Å²) in [6, 6.07) is 6.37. The van der Waals surface area contributed by atoms with Gasteiger partial charge in [-0.3, -0.25) is 0 Å². The SMILES string of the molecule is Cc1ccc(F)cc1C(N)Cc1ccoc1. The van der Waals surface area contributed by atoms with Crippen LogP contribution in [-0.2, 0) is 6.42 Å². The highest BCUT2D eigenvalue weighted by molar-refractivity contribution is 5.30. The van der Waals surface area contributed by atoms with Gasteiger partial charge < -0.3 is 10.2 Å². The third kappa shape index (κ3) is 2.31. The maximum Gasteiger partial charge on any atom is 0.123 e. The van der Waals surface area contributed by atoms with E-state index in [0.29, 0.717) is 6.42 Å². The van der Waals surface area contributed by atoms with Crippen LogP contribution in [0.1, 0.15) is 22.7 Å². The number of halogens is 1. The van der Waals surface area contributed by atoms with Crippen LogP contribution in [0.25, 0.3) is 0 Å². The van der Waals surface area contributed by atoms with E-state index in [-0.39, 0.29) is 11.9 Å². The van der Waals surface area contributed by atoms with Gasteiger partial charge in [-0.25, -0.2) is 4.39 Å². The normalized spacial score (nSPS) is 12.7. The zero-order chi connectivity index (χ0) is 11.5. The van der Waals surface area contributed by atoms with Crippen molar-refractivity contribution < 1.29 is 8.81 Å². The lowest BCUT2D eigenvalue weighted by molar-refractivity contribution is 0.560. The van der Waals surface area contributed by atoms with Gasteiger partial charge in [-0.1, -0.05) is 6.07 Å². The van der Waals surface area contributed by atoms with Crippen molar-refractivity contribution in [2.24, 2.45) is 5.73 Å². The van der Waals surface area contributed by atoms with Crippen molar-refractivity contribution in [1.29, 1.82) is 0 Å². The van der Waals surface area contributed by atoms with Gasteiger partial charge in [0.15, 0.2) is 0 Å². The smallest absolute Gasteiger partial charge is 0.123 e. The Kier molecular flexibility index (Phi) is 3.06. The van der Waals surface area contributed by atoms with Gasteiger partial charge in [-0.15, -0.1) is 0 Å². The molecule has 1 heterocycles. The van der Waals surface area contributed by atoms with Gasteiger partial charge in [-0.2, -0.15) is 0 Å². The molecule has 0 radical (unpaired) electrons. The van der Waals surface area contributed by atoms with Gasteiger partial charge >= 0.3 is 0 Å². The minimum Gasteiger partial charge on any atom is -0.472 e. The van der Waals surface area contributed by atoms with E-state index < -0.39 is 0 Å². The average molecular weight is 219 g/mol. The number of hydrogen-bond acceptors (Lipinski definition) is 2. The monoisotopic (exact) mass is 219 g/mol. The van der Waals surface area contributed by atoms with E-state index >= 15 is 0 Å². The number of rotatable bonds is 3. The first-order valence-corrected chi connectivity index (χ1v) is 5.19. The molecular formula is C13H14FNO. The zero-order valence-electron chi connectivity index (χ0n) is 9.11. The van der Waals surface area contributed by atoms with Crippen LogP contribution in [0.15, 0.2) is 41.2 Å². The van der Waals surface area contributed by atoms with E-state index in [9.17, 15) is 4.39 Å². The van der Waals surface area contributed by atoms with Gasteiger partial charge in [0, 0.05) is 6.04 Å². The fourth-order valence-corrected chi connectivity index (χ4v) is 1.78. The van der Waals surface area contributed by atoms with Crippen molar-refractivity contribution in [3.63, 3.8) is 0 Å². The Morgan fingerprint density at radius 1 is 1.38 bits per heavy atom. The highest BCUT2D eigenvalue weighted by atomic mass is 19.1. The molecule has 2 aromatic rings. The molecule has 0 saturated heterocycles. The molecule has 2 N–H and O–H groups in total. The molecule has 2 rings (SSSR count). The molecular weight excluding hydrogens is 205 g/mol. The predicted octanol–water partition coefficient (Wildman–Crippen LogP) is 2.97. The summed E-state index contributed by atoms with van der Waals surface area (Å²) in [7, 11) is 0. The van der Waals surface area contributed by atoms with Crippen LogP contribution in [0.2, 0.25) is 0 Å². The van der Waals surface area contributed by atoms with Crippen molar-refractivity contribution in [3.8, 4) is 0 Å². The number of benzene rings is 1. The lowest BCUT2D eigenvalue weighted by atomic mass is 9.97. The Hall–Kier alpha value is -1.61. The molecule has 1 aromatic heterocycles. The Balaban J connectivity index is 2.20. The first-order valence-electron chi connectivity index (χ1n) is 5.19. The molecule has 0 aliphatic carbocycles. The van der Waals surface area contributed by atoms with Gasteiger partial charge in [0.05, 0.1) is 12.5 Å². The second-order valence-electron chi connectivity index (χ2n) is 3.94. The van der Waals surface area contributed by atoms with Gasteiger partial charge in [0.25, 0.3) is 0 Å². The van der Waals surface area contributed by atoms with Crippen LogP contribution in [-0.4, -0.2) is 0 Å². The molecule has 2 nitrogen and oxygen atoms in total. The molecule has 16 heavy (non-hydrogen) atoms. The molecule has 84 valence electrons. The van der Waals surface area contributed by atoms with Crippen LogP contribution >= 0.6 is 0 Å². The predicted molar refractivity (Wildman–Crippen MR) is 60.5 cm³/mol. The van der Waals surface area contributed by atoms with Crippen molar-refractivity contribution in [2.75, 3.05) is 0 Å². The van der Waals surface area contributed by atoms with E-state index in [1.54, 1.807) is 18.6 Å². The third-order valence-corrected chi connectivity index (χ3v) is 2.68. The molecule has 1 aromatic carbocycles. The first-order chi connectivity index (χ1) is 7.66. The maximum absolute atomic E-state index is 13.1. The second-order valence-corrected chi connectivity index (χ2v) is 3.94. The van der Waals surface area contributed by atoms with Crippen LogP contribution < -0.4 is 5.73 Å². The zero-order valence-corrected chi connectivity index (χ0v) is 9.11. The molecule has 0 aliphatic heterocycles. The summed E-state index contributed by atoms with van der Waals surface area (Å²) in [5, 5.41) is 0. The minimum absolute atomic E-state index is 0.201. The van der Waals surface area contributed by atoms with Gasteiger partial charge in [-0.05, 0) is 48.2 Å². The average Bonchev–Trinajstić information content (AvgIpc) is 2.74. The van der Waals surface area contributed by atoms with Crippen LogP contribution in [0, 0.1) is 12.7 Å². The second kappa shape index (κ2) is 4.49. The molecule has 0 saturated carbocycles. The Morgan fingerprint density at radius 3 is 2.88 bits per heavy atom. The summed E-state index contributed by atoms with van der Waals surface area (Å²) < 4.78 is 18.1. The summed E-state index contributed by atoms with van der Waals surface area (Å²) >= 11 is 0. The Labute approximate surface area is 93.9 Å². The van der Waals surface area contributed by atoms with Gasteiger partial charge in [0.1, 0.15) is 5.82 Å². The highest BCUT2D eigenvalue weighted by Crippen LogP contribution is 2.20. The summed E-state index contributed by atoms with van der Waals surface area (Å²) in [6.45, 7) is 1.93. The molecule has 1 atom stereocenters. The van der Waals surface area contributed by atoms with E-state index in [2.05, 4.69) is 0 Å². The molecule has 0 fully saturated rings.